The monoisotopic (exact) mass is 230 g/mol. The quantitative estimate of drug-likeness (QED) is 0.838. The topological polar surface area (TPSA) is 55.1 Å². The van der Waals surface area contributed by atoms with E-state index in [4.69, 9.17) is 5.11 Å². The molecule has 0 fully saturated rings. The van der Waals surface area contributed by atoms with Crippen LogP contribution in [0.15, 0.2) is 0 Å². The fourth-order valence-electron chi connectivity index (χ4n) is 2.14. The minimum atomic E-state index is -2.61. The molecule has 6 heteroatoms. The predicted molar refractivity (Wildman–Crippen MR) is 51.3 cm³/mol. The summed E-state index contributed by atoms with van der Waals surface area (Å²) in [7, 11) is 1.55. The summed E-state index contributed by atoms with van der Waals surface area (Å²) in [6.45, 7) is 0. The van der Waals surface area contributed by atoms with Crippen LogP contribution in [0.25, 0.3) is 0 Å². The zero-order valence-corrected chi connectivity index (χ0v) is 8.78. The molecule has 88 valence electrons. The molecular formula is C10H12F2N2O2. The standard InChI is InChI=1S/C10H12F2N2O2/c1-14-7-3-2-5(10(15)16)4-6(7)13-9(14)8(11)12/h5,8H,2-4H2,1H3,(H,15,16). The van der Waals surface area contributed by atoms with Crippen molar-refractivity contribution in [3.63, 3.8) is 0 Å². The highest BCUT2D eigenvalue weighted by atomic mass is 19.3. The van der Waals surface area contributed by atoms with E-state index in [0.29, 0.717) is 18.5 Å². The van der Waals surface area contributed by atoms with Gasteiger partial charge in [-0.2, -0.15) is 0 Å². The zero-order chi connectivity index (χ0) is 11.9. The molecule has 1 heterocycles. The first kappa shape index (κ1) is 11.0. The van der Waals surface area contributed by atoms with Crippen LogP contribution >= 0.6 is 0 Å². The highest BCUT2D eigenvalue weighted by molar-refractivity contribution is 5.70. The van der Waals surface area contributed by atoms with Crippen molar-refractivity contribution in [2.24, 2.45) is 13.0 Å². The van der Waals surface area contributed by atoms with Crippen LogP contribution in [0.5, 0.6) is 0 Å². The van der Waals surface area contributed by atoms with Gasteiger partial charge in [0.15, 0.2) is 5.82 Å². The number of alkyl halides is 2. The second kappa shape index (κ2) is 3.84. The average Bonchev–Trinajstić information content (AvgIpc) is 2.55. The highest BCUT2D eigenvalue weighted by Gasteiger charge is 2.30. The van der Waals surface area contributed by atoms with Gasteiger partial charge in [0, 0.05) is 19.2 Å². The van der Waals surface area contributed by atoms with Crippen LogP contribution in [0.3, 0.4) is 0 Å². The Morgan fingerprint density at radius 3 is 2.88 bits per heavy atom. The van der Waals surface area contributed by atoms with Crippen LogP contribution in [0.2, 0.25) is 0 Å². The van der Waals surface area contributed by atoms with Gasteiger partial charge in [-0.1, -0.05) is 0 Å². The number of aromatic nitrogens is 2. The van der Waals surface area contributed by atoms with E-state index >= 15 is 0 Å². The number of halogens is 2. The van der Waals surface area contributed by atoms with Gasteiger partial charge in [0.1, 0.15) is 0 Å². The molecular weight excluding hydrogens is 218 g/mol. The van der Waals surface area contributed by atoms with Gasteiger partial charge in [-0.05, 0) is 12.8 Å². The van der Waals surface area contributed by atoms with Crippen molar-refractivity contribution in [1.82, 2.24) is 9.55 Å². The number of carboxylic acid groups (broad SMARTS) is 1. The largest absolute Gasteiger partial charge is 0.481 e. The van der Waals surface area contributed by atoms with E-state index in [9.17, 15) is 13.6 Å². The van der Waals surface area contributed by atoms with E-state index in [2.05, 4.69) is 4.98 Å². The molecule has 1 N–H and O–H groups in total. The second-order valence-electron chi connectivity index (χ2n) is 4.00. The maximum Gasteiger partial charge on any atom is 0.306 e. The number of imidazole rings is 1. The second-order valence-corrected chi connectivity index (χ2v) is 4.00. The van der Waals surface area contributed by atoms with Crippen LogP contribution in [-0.2, 0) is 24.7 Å². The number of nitrogens with zero attached hydrogens (tertiary/aromatic N) is 2. The molecule has 2 rings (SSSR count). The van der Waals surface area contributed by atoms with Crippen molar-refractivity contribution in [3.8, 4) is 0 Å². The van der Waals surface area contributed by atoms with Crippen LogP contribution < -0.4 is 0 Å². The molecule has 0 spiro atoms. The molecule has 16 heavy (non-hydrogen) atoms. The Hall–Kier alpha value is -1.46. The maximum atomic E-state index is 12.6. The fraction of sp³-hybridized carbons (Fsp3) is 0.600. The lowest BCUT2D eigenvalue weighted by Gasteiger charge is -2.18. The molecule has 1 aliphatic carbocycles. The average molecular weight is 230 g/mol. The number of carboxylic acids is 1. The summed E-state index contributed by atoms with van der Waals surface area (Å²) >= 11 is 0. The summed E-state index contributed by atoms with van der Waals surface area (Å²) < 4.78 is 26.5. The number of hydrogen-bond acceptors (Lipinski definition) is 2. The Morgan fingerprint density at radius 1 is 1.62 bits per heavy atom. The van der Waals surface area contributed by atoms with E-state index in [1.807, 2.05) is 0 Å². The predicted octanol–water partition coefficient (Wildman–Crippen LogP) is 1.55. The number of carbonyl (C=O) groups is 1. The maximum absolute atomic E-state index is 12.6. The molecule has 0 radical (unpaired) electrons. The Labute approximate surface area is 90.9 Å². The summed E-state index contributed by atoms with van der Waals surface area (Å²) in [6, 6.07) is 0. The molecule has 1 unspecified atom stereocenters. The summed E-state index contributed by atoms with van der Waals surface area (Å²) in [6.07, 6.45) is -1.36. The highest BCUT2D eigenvalue weighted by Crippen LogP contribution is 2.28. The number of fused-ring (bicyclic) bond motifs is 1. The van der Waals surface area contributed by atoms with Crippen LogP contribution in [-0.4, -0.2) is 20.6 Å². The van der Waals surface area contributed by atoms with Gasteiger partial charge in [-0.15, -0.1) is 0 Å². The SMILES string of the molecule is Cn1c(C(F)F)nc2c1CCC(C(=O)O)C2. The normalized spacial score (nSPS) is 19.9. The molecule has 1 aliphatic rings. The Morgan fingerprint density at radius 2 is 2.31 bits per heavy atom. The lowest BCUT2D eigenvalue weighted by molar-refractivity contribution is -0.142. The van der Waals surface area contributed by atoms with Gasteiger partial charge in [-0.3, -0.25) is 4.79 Å². The molecule has 0 aromatic carbocycles. The van der Waals surface area contributed by atoms with Crippen molar-refractivity contribution in [3.05, 3.63) is 17.2 Å². The van der Waals surface area contributed by atoms with Gasteiger partial charge in [-0.25, -0.2) is 13.8 Å². The van der Waals surface area contributed by atoms with Gasteiger partial charge in [0.25, 0.3) is 6.43 Å². The molecule has 1 aromatic rings. The molecule has 0 amide bonds. The summed E-state index contributed by atoms with van der Waals surface area (Å²) in [5.41, 5.74) is 1.25. The third kappa shape index (κ3) is 1.68. The van der Waals surface area contributed by atoms with Gasteiger partial charge in [0.2, 0.25) is 0 Å². The van der Waals surface area contributed by atoms with Crippen LogP contribution in [0.1, 0.15) is 30.1 Å². The van der Waals surface area contributed by atoms with Crippen molar-refractivity contribution in [1.29, 1.82) is 0 Å². The zero-order valence-electron chi connectivity index (χ0n) is 8.78. The smallest absolute Gasteiger partial charge is 0.306 e. The Bertz CT molecular complexity index is 429. The van der Waals surface area contributed by atoms with Crippen molar-refractivity contribution >= 4 is 5.97 Å². The minimum Gasteiger partial charge on any atom is -0.481 e. The molecule has 0 saturated carbocycles. The minimum absolute atomic E-state index is 0.255. The first-order chi connectivity index (χ1) is 7.50. The van der Waals surface area contributed by atoms with Crippen LogP contribution in [0, 0.1) is 5.92 Å². The van der Waals surface area contributed by atoms with Gasteiger partial charge >= 0.3 is 5.97 Å². The van der Waals surface area contributed by atoms with Gasteiger partial charge in [0.05, 0.1) is 11.6 Å². The third-order valence-corrected chi connectivity index (χ3v) is 3.04. The van der Waals surface area contributed by atoms with E-state index in [-0.39, 0.29) is 12.2 Å². The molecule has 1 atom stereocenters. The van der Waals surface area contributed by atoms with Crippen LogP contribution in [0.4, 0.5) is 8.78 Å². The third-order valence-electron chi connectivity index (χ3n) is 3.04. The Kier molecular flexibility index (Phi) is 2.65. The van der Waals surface area contributed by atoms with Crippen molar-refractivity contribution in [2.45, 2.75) is 25.7 Å². The first-order valence-electron chi connectivity index (χ1n) is 5.06. The van der Waals surface area contributed by atoms with E-state index in [1.54, 1.807) is 7.05 Å². The lowest BCUT2D eigenvalue weighted by Crippen LogP contribution is -2.22. The van der Waals surface area contributed by atoms with Gasteiger partial charge < -0.3 is 9.67 Å². The van der Waals surface area contributed by atoms with E-state index in [1.165, 1.54) is 4.57 Å². The molecule has 0 aliphatic heterocycles. The first-order valence-corrected chi connectivity index (χ1v) is 5.06. The summed E-state index contributed by atoms with van der Waals surface area (Å²) in [5.74, 6) is -1.64. The fourth-order valence-corrected chi connectivity index (χ4v) is 2.14. The van der Waals surface area contributed by atoms with E-state index in [0.717, 1.165) is 5.69 Å². The Balaban J connectivity index is 2.33. The molecule has 4 nitrogen and oxygen atoms in total. The summed E-state index contributed by atoms with van der Waals surface area (Å²) in [5, 5.41) is 8.87. The molecule has 0 saturated heterocycles. The lowest BCUT2D eigenvalue weighted by atomic mass is 9.90. The number of hydrogen-bond donors (Lipinski definition) is 1. The molecule has 1 aromatic heterocycles. The summed E-state index contributed by atoms with van der Waals surface area (Å²) in [4.78, 5) is 14.6. The van der Waals surface area contributed by atoms with E-state index < -0.39 is 18.3 Å². The number of aliphatic carboxylic acids is 1. The molecule has 0 bridgehead atoms. The van der Waals surface area contributed by atoms with Crippen molar-refractivity contribution in [2.75, 3.05) is 0 Å². The van der Waals surface area contributed by atoms with Crippen molar-refractivity contribution < 1.29 is 18.7 Å². The number of rotatable bonds is 2.